The Morgan fingerprint density at radius 1 is 1.25 bits per heavy atom. The molecule has 0 radical (unpaired) electrons. The zero-order chi connectivity index (χ0) is 22.9. The molecule has 0 aliphatic rings. The maximum Gasteiger partial charge on any atom is 0.416 e. The average Bonchev–Trinajstić information content (AvgIpc) is 3.38. The summed E-state index contributed by atoms with van der Waals surface area (Å²) in [5.74, 6) is -1.69. The third-order valence-corrected chi connectivity index (χ3v) is 4.37. The quantitative estimate of drug-likeness (QED) is 0.469. The molecule has 0 fully saturated rings. The maximum atomic E-state index is 13.1. The van der Waals surface area contributed by atoms with Crippen LogP contribution in [0.4, 0.5) is 18.9 Å². The number of nitrogens with zero attached hydrogens (tertiary/aromatic N) is 6. The van der Waals surface area contributed by atoms with Crippen LogP contribution in [0.25, 0.3) is 11.3 Å². The van der Waals surface area contributed by atoms with Crippen molar-refractivity contribution in [2.75, 3.05) is 11.9 Å². The first-order valence-corrected chi connectivity index (χ1v) is 9.07. The second kappa shape index (κ2) is 8.09. The van der Waals surface area contributed by atoms with Gasteiger partial charge in [-0.25, -0.2) is 24.0 Å². The van der Waals surface area contributed by atoms with E-state index in [-0.39, 0.29) is 22.6 Å². The zero-order valence-electron chi connectivity index (χ0n) is 16.4. The first-order valence-electron chi connectivity index (χ1n) is 9.07. The van der Waals surface area contributed by atoms with Gasteiger partial charge in [-0.3, -0.25) is 4.79 Å². The molecule has 0 aliphatic carbocycles. The number of hydrogen-bond acceptors (Lipinski definition) is 7. The maximum absolute atomic E-state index is 13.1. The van der Waals surface area contributed by atoms with Crippen LogP contribution in [0.1, 0.15) is 21.6 Å². The highest BCUT2D eigenvalue weighted by Crippen LogP contribution is 2.33. The number of aromatic nitrogens is 6. The largest absolute Gasteiger partial charge is 0.452 e. The summed E-state index contributed by atoms with van der Waals surface area (Å²) in [6, 6.07) is 4.39. The van der Waals surface area contributed by atoms with Gasteiger partial charge in [0.15, 0.2) is 12.3 Å². The van der Waals surface area contributed by atoms with E-state index in [1.54, 1.807) is 19.2 Å². The number of halogens is 3. The summed E-state index contributed by atoms with van der Waals surface area (Å²) in [5, 5.41) is 10.3. The van der Waals surface area contributed by atoms with Gasteiger partial charge in [-0.2, -0.15) is 23.4 Å². The molecule has 164 valence electrons. The fraction of sp³-hybridized carbons (Fsp3) is 0.158. The predicted molar refractivity (Wildman–Crippen MR) is 103 cm³/mol. The molecule has 0 aliphatic heterocycles. The molecule has 1 N–H and O–H groups in total. The number of amides is 1. The van der Waals surface area contributed by atoms with E-state index in [0.29, 0.717) is 5.69 Å². The number of ether oxygens (including phenoxy) is 1. The average molecular weight is 445 g/mol. The second-order valence-electron chi connectivity index (χ2n) is 6.54. The van der Waals surface area contributed by atoms with Gasteiger partial charge in [0.2, 0.25) is 0 Å². The second-order valence-corrected chi connectivity index (χ2v) is 6.54. The van der Waals surface area contributed by atoms with E-state index in [4.69, 9.17) is 4.74 Å². The van der Waals surface area contributed by atoms with E-state index in [9.17, 15) is 22.8 Å². The summed E-state index contributed by atoms with van der Waals surface area (Å²) in [4.78, 5) is 32.6. The number of aryl methyl sites for hydroxylation is 1. The molecule has 3 heterocycles. The third kappa shape index (κ3) is 4.12. The number of hydrogen-bond donors (Lipinski definition) is 1. The Bertz CT molecular complexity index is 1300. The zero-order valence-corrected chi connectivity index (χ0v) is 16.4. The van der Waals surface area contributed by atoms with E-state index in [1.165, 1.54) is 28.0 Å². The van der Waals surface area contributed by atoms with Gasteiger partial charge in [-0.05, 0) is 31.2 Å². The molecule has 1 aromatic carbocycles. The minimum Gasteiger partial charge on any atom is -0.452 e. The number of esters is 1. The van der Waals surface area contributed by atoms with Crippen molar-refractivity contribution in [3.63, 3.8) is 0 Å². The number of anilines is 1. The normalized spacial score (nSPS) is 11.5. The fourth-order valence-electron chi connectivity index (χ4n) is 2.97. The number of rotatable bonds is 5. The van der Waals surface area contributed by atoms with Crippen molar-refractivity contribution in [2.45, 2.75) is 13.1 Å². The van der Waals surface area contributed by atoms with Crippen molar-refractivity contribution in [3.05, 3.63) is 66.1 Å². The standard InChI is InChI=1S/C19H14F3N7O3/c1-11-16(17-24-5-2-6-28(17)27-11)18(31)32-8-15(30)26-13-7-12(19(20,21)22)3-4-14(13)29-10-23-9-25-29/h2-7,9-10H,8H2,1H3,(H,26,30). The molecule has 4 rings (SSSR count). The Balaban J connectivity index is 1.52. The molecule has 1 amide bonds. The number of carbonyl (C=O) groups is 2. The summed E-state index contributed by atoms with van der Waals surface area (Å²) >= 11 is 0. The number of alkyl halides is 3. The molecule has 0 atom stereocenters. The lowest BCUT2D eigenvalue weighted by atomic mass is 10.1. The lowest BCUT2D eigenvalue weighted by Crippen LogP contribution is -2.22. The molecular formula is C19H14F3N7O3. The minimum absolute atomic E-state index is 0.0840. The van der Waals surface area contributed by atoms with Crippen molar-refractivity contribution >= 4 is 23.2 Å². The minimum atomic E-state index is -4.62. The lowest BCUT2D eigenvalue weighted by molar-refractivity contribution is -0.137. The van der Waals surface area contributed by atoms with E-state index in [1.807, 2.05) is 0 Å². The molecule has 10 nitrogen and oxygen atoms in total. The highest BCUT2D eigenvalue weighted by Gasteiger charge is 2.31. The summed E-state index contributed by atoms with van der Waals surface area (Å²) in [7, 11) is 0. The van der Waals surface area contributed by atoms with Crippen molar-refractivity contribution in [1.29, 1.82) is 0 Å². The van der Waals surface area contributed by atoms with Crippen LogP contribution in [-0.2, 0) is 15.7 Å². The van der Waals surface area contributed by atoms with E-state index >= 15 is 0 Å². The van der Waals surface area contributed by atoms with Crippen LogP contribution in [0.3, 0.4) is 0 Å². The Kier molecular flexibility index (Phi) is 5.30. The number of fused-ring (bicyclic) bond motifs is 1. The number of carbonyl (C=O) groups excluding carboxylic acids is 2. The number of benzene rings is 1. The highest BCUT2D eigenvalue weighted by atomic mass is 19.4. The van der Waals surface area contributed by atoms with E-state index in [2.05, 4.69) is 25.5 Å². The summed E-state index contributed by atoms with van der Waals surface area (Å²) in [6.45, 7) is 0.841. The van der Waals surface area contributed by atoms with Gasteiger partial charge in [-0.15, -0.1) is 0 Å². The number of nitrogens with one attached hydrogen (secondary N) is 1. The van der Waals surface area contributed by atoms with Crippen molar-refractivity contribution < 1.29 is 27.5 Å². The molecule has 0 saturated carbocycles. The van der Waals surface area contributed by atoms with Gasteiger partial charge in [0.1, 0.15) is 18.2 Å². The highest BCUT2D eigenvalue weighted by molar-refractivity contribution is 6.00. The summed E-state index contributed by atoms with van der Waals surface area (Å²) in [5.41, 5.74) is -0.317. The van der Waals surface area contributed by atoms with Gasteiger partial charge in [0.25, 0.3) is 5.91 Å². The molecule has 0 bridgehead atoms. The van der Waals surface area contributed by atoms with Crippen LogP contribution in [0.2, 0.25) is 0 Å². The first-order chi connectivity index (χ1) is 15.2. The molecule has 3 aromatic heterocycles. The molecule has 13 heteroatoms. The van der Waals surface area contributed by atoms with Crippen LogP contribution in [0, 0.1) is 6.92 Å². The third-order valence-electron chi connectivity index (χ3n) is 4.37. The molecule has 0 unspecified atom stereocenters. The summed E-state index contributed by atoms with van der Waals surface area (Å²) in [6.07, 6.45) is 0.898. The Morgan fingerprint density at radius 2 is 2.06 bits per heavy atom. The molecule has 4 aromatic rings. The molecule has 0 spiro atoms. The van der Waals surface area contributed by atoms with E-state index in [0.717, 1.165) is 18.2 Å². The predicted octanol–water partition coefficient (Wildman–Crippen LogP) is 2.43. The Hall–Kier alpha value is -4.29. The Labute approximate surface area is 177 Å². The van der Waals surface area contributed by atoms with Crippen molar-refractivity contribution in [1.82, 2.24) is 29.4 Å². The molecule has 0 saturated heterocycles. The van der Waals surface area contributed by atoms with Crippen LogP contribution in [0.15, 0.2) is 49.3 Å². The topological polar surface area (TPSA) is 116 Å². The molecular weight excluding hydrogens is 431 g/mol. The van der Waals surface area contributed by atoms with Gasteiger partial charge in [0.05, 0.1) is 22.6 Å². The van der Waals surface area contributed by atoms with E-state index < -0.39 is 30.2 Å². The summed E-state index contributed by atoms with van der Waals surface area (Å²) < 4.78 is 47.0. The molecule has 32 heavy (non-hydrogen) atoms. The van der Waals surface area contributed by atoms with Gasteiger partial charge in [-0.1, -0.05) is 0 Å². The van der Waals surface area contributed by atoms with Crippen LogP contribution < -0.4 is 5.32 Å². The van der Waals surface area contributed by atoms with Crippen LogP contribution >= 0.6 is 0 Å². The van der Waals surface area contributed by atoms with Crippen molar-refractivity contribution in [2.24, 2.45) is 0 Å². The monoisotopic (exact) mass is 445 g/mol. The van der Waals surface area contributed by atoms with Gasteiger partial charge < -0.3 is 10.1 Å². The smallest absolute Gasteiger partial charge is 0.416 e. The Morgan fingerprint density at radius 3 is 2.78 bits per heavy atom. The fourth-order valence-corrected chi connectivity index (χ4v) is 2.97. The van der Waals surface area contributed by atoms with Crippen molar-refractivity contribution in [3.8, 4) is 5.69 Å². The van der Waals surface area contributed by atoms with Crippen LogP contribution in [-0.4, -0.2) is 47.8 Å². The SMILES string of the molecule is Cc1nn2cccnc2c1C(=O)OCC(=O)Nc1cc(C(F)(F)F)ccc1-n1cncn1. The van der Waals surface area contributed by atoms with Crippen LogP contribution in [0.5, 0.6) is 0 Å². The first kappa shape index (κ1) is 21.0. The van der Waals surface area contributed by atoms with Gasteiger partial charge >= 0.3 is 12.1 Å². The lowest BCUT2D eigenvalue weighted by Gasteiger charge is -2.14. The van der Waals surface area contributed by atoms with Gasteiger partial charge in [0, 0.05) is 12.4 Å².